The molecular weight excluding hydrogens is 144 g/mol. The number of nitrogens with one attached hydrogen (secondary N) is 1. The molecule has 0 aromatic carbocycles. The van der Waals surface area contributed by atoms with Crippen LogP contribution in [0.5, 0.6) is 0 Å². The van der Waals surface area contributed by atoms with E-state index in [-0.39, 0.29) is 6.03 Å². The van der Waals surface area contributed by atoms with Crippen LogP contribution < -0.4 is 5.32 Å². The smallest absolute Gasteiger partial charge is 0.308 e. The summed E-state index contributed by atoms with van der Waals surface area (Å²) >= 11 is 0. The van der Waals surface area contributed by atoms with Crippen LogP contribution in [0.15, 0.2) is 0 Å². The maximum atomic E-state index is 11.0. The summed E-state index contributed by atoms with van der Waals surface area (Å²) in [4.78, 5) is 11.0. The fourth-order valence-corrected chi connectivity index (χ4v) is 1.19. The molecule has 0 bridgehead atoms. The minimum atomic E-state index is -1.42. The predicted octanol–water partition coefficient (Wildman–Crippen LogP) is 1.09. The van der Waals surface area contributed by atoms with Crippen LogP contribution in [0.4, 0.5) is 4.79 Å². The normalized spacial score (nSPS) is 10.9. The van der Waals surface area contributed by atoms with Crippen molar-refractivity contribution in [3.05, 3.63) is 0 Å². The summed E-state index contributed by atoms with van der Waals surface area (Å²) in [5.74, 6) is 0. The third kappa shape index (κ3) is 2.39. The molecule has 0 unspecified atom stereocenters. The monoisotopic (exact) mass is 160 g/mol. The first kappa shape index (κ1) is 9.49. The molecule has 0 spiro atoms. The Labute approximate surface area is 63.5 Å². The Morgan fingerprint density at radius 2 is 1.80 bits per heavy atom. The van der Waals surface area contributed by atoms with E-state index in [9.17, 15) is 4.79 Å². The van der Waals surface area contributed by atoms with Gasteiger partial charge in [-0.3, -0.25) is 0 Å². The Morgan fingerprint density at radius 1 is 1.40 bits per heavy atom. The second-order valence-corrected chi connectivity index (χ2v) is 8.30. The topological polar surface area (TPSA) is 32.3 Å². The molecule has 0 aromatic heterocycles. The molecule has 0 aliphatic heterocycles. The molecule has 0 rings (SSSR count). The van der Waals surface area contributed by atoms with E-state index in [0.29, 0.717) is 0 Å². The average Bonchev–Trinajstić information content (AvgIpc) is 1.83. The van der Waals surface area contributed by atoms with Gasteiger partial charge in [0.25, 0.3) is 0 Å². The minimum absolute atomic E-state index is 0.0131. The third-order valence-electron chi connectivity index (χ3n) is 1.52. The Kier molecular flexibility index (Phi) is 2.89. The van der Waals surface area contributed by atoms with Crippen LogP contribution in [0.3, 0.4) is 0 Å². The third-order valence-corrected chi connectivity index (χ3v) is 3.74. The molecule has 0 saturated carbocycles. The number of amides is 2. The fraction of sp³-hybridized carbons (Fsp3) is 0.833. The van der Waals surface area contributed by atoms with E-state index in [4.69, 9.17) is 0 Å². The van der Waals surface area contributed by atoms with Gasteiger partial charge < -0.3 is 9.88 Å². The highest BCUT2D eigenvalue weighted by Gasteiger charge is 2.23. The van der Waals surface area contributed by atoms with Crippen molar-refractivity contribution in [2.75, 3.05) is 14.1 Å². The average molecular weight is 160 g/mol. The van der Waals surface area contributed by atoms with Gasteiger partial charge in [-0.1, -0.05) is 19.6 Å². The van der Waals surface area contributed by atoms with Crippen molar-refractivity contribution in [2.45, 2.75) is 19.6 Å². The zero-order valence-electron chi connectivity index (χ0n) is 7.36. The molecule has 0 radical (unpaired) electrons. The van der Waals surface area contributed by atoms with Crippen molar-refractivity contribution in [2.24, 2.45) is 0 Å². The molecule has 0 saturated heterocycles. The van der Waals surface area contributed by atoms with Crippen LogP contribution in [-0.2, 0) is 0 Å². The van der Waals surface area contributed by atoms with Gasteiger partial charge >= 0.3 is 6.03 Å². The Morgan fingerprint density at radius 3 is 1.90 bits per heavy atom. The zero-order valence-corrected chi connectivity index (χ0v) is 8.36. The van der Waals surface area contributed by atoms with Crippen LogP contribution in [0, 0.1) is 0 Å². The summed E-state index contributed by atoms with van der Waals surface area (Å²) in [7, 11) is 2.07. The zero-order chi connectivity index (χ0) is 8.36. The molecule has 0 aliphatic rings. The lowest BCUT2D eigenvalue weighted by Crippen LogP contribution is -2.50. The van der Waals surface area contributed by atoms with Crippen LogP contribution >= 0.6 is 0 Å². The molecule has 0 aromatic rings. The quantitative estimate of drug-likeness (QED) is 0.572. The second-order valence-electron chi connectivity index (χ2n) is 3.28. The standard InChI is InChI=1S/C6H16N2OSi/c1-7-6(9)8(2)10(3,4)5/h1-5H3,(H,7,9). The van der Waals surface area contributed by atoms with Crippen molar-refractivity contribution in [3.63, 3.8) is 0 Å². The lowest BCUT2D eigenvalue weighted by atomic mass is 11.0. The molecule has 10 heavy (non-hydrogen) atoms. The molecule has 0 aliphatic carbocycles. The Hall–Kier alpha value is -0.513. The van der Waals surface area contributed by atoms with E-state index in [2.05, 4.69) is 25.0 Å². The number of hydrogen-bond acceptors (Lipinski definition) is 1. The van der Waals surface area contributed by atoms with Gasteiger partial charge in [-0.05, 0) is 0 Å². The van der Waals surface area contributed by atoms with E-state index in [1.165, 1.54) is 0 Å². The van der Waals surface area contributed by atoms with E-state index in [0.717, 1.165) is 0 Å². The van der Waals surface area contributed by atoms with Crippen molar-refractivity contribution in [1.82, 2.24) is 9.88 Å². The summed E-state index contributed by atoms with van der Waals surface area (Å²) in [5.41, 5.74) is 0. The van der Waals surface area contributed by atoms with Crippen LogP contribution in [0.25, 0.3) is 0 Å². The van der Waals surface area contributed by atoms with Gasteiger partial charge in [-0.15, -0.1) is 0 Å². The fourth-order valence-electron chi connectivity index (χ4n) is 0.472. The first-order chi connectivity index (χ1) is 4.39. The molecule has 0 fully saturated rings. The number of urea groups is 1. The number of carbonyl (C=O) groups is 1. The van der Waals surface area contributed by atoms with E-state index in [1.807, 2.05) is 7.05 Å². The molecule has 60 valence electrons. The number of hydrogen-bond donors (Lipinski definition) is 1. The molecule has 1 N–H and O–H groups in total. The number of carbonyl (C=O) groups excluding carboxylic acids is 1. The molecule has 4 heteroatoms. The van der Waals surface area contributed by atoms with Gasteiger partial charge in [-0.25, -0.2) is 4.79 Å². The minimum Gasteiger partial charge on any atom is -0.355 e. The van der Waals surface area contributed by atoms with E-state index >= 15 is 0 Å². The first-order valence-corrected chi connectivity index (χ1v) is 6.80. The summed E-state index contributed by atoms with van der Waals surface area (Å²) < 4.78 is 1.80. The largest absolute Gasteiger partial charge is 0.355 e. The summed E-state index contributed by atoms with van der Waals surface area (Å²) in [6.07, 6.45) is 0. The first-order valence-electron chi connectivity index (χ1n) is 3.35. The highest BCUT2D eigenvalue weighted by atomic mass is 28.3. The number of nitrogens with zero attached hydrogens (tertiary/aromatic N) is 1. The number of rotatable bonds is 1. The SMILES string of the molecule is CNC(=O)N(C)[Si](C)(C)C. The summed E-state index contributed by atoms with van der Waals surface area (Å²) in [6.45, 7) is 6.38. The Balaban J connectivity index is 4.08. The van der Waals surface area contributed by atoms with Gasteiger partial charge in [0.1, 0.15) is 0 Å². The van der Waals surface area contributed by atoms with Crippen LogP contribution in [0.2, 0.25) is 19.6 Å². The van der Waals surface area contributed by atoms with E-state index < -0.39 is 8.24 Å². The summed E-state index contributed by atoms with van der Waals surface area (Å²) in [6, 6.07) is 0.0131. The molecule has 3 nitrogen and oxygen atoms in total. The molecule has 0 atom stereocenters. The van der Waals surface area contributed by atoms with Gasteiger partial charge in [0.05, 0.1) is 0 Å². The highest BCUT2D eigenvalue weighted by molar-refractivity contribution is 6.75. The van der Waals surface area contributed by atoms with Crippen molar-refractivity contribution < 1.29 is 4.79 Å². The predicted molar refractivity (Wildman–Crippen MR) is 45.6 cm³/mol. The lowest BCUT2D eigenvalue weighted by Gasteiger charge is -2.29. The maximum Gasteiger partial charge on any atom is 0.308 e. The second kappa shape index (κ2) is 3.05. The van der Waals surface area contributed by atoms with E-state index in [1.54, 1.807) is 11.6 Å². The van der Waals surface area contributed by atoms with Crippen molar-refractivity contribution >= 4 is 14.3 Å². The van der Waals surface area contributed by atoms with Crippen molar-refractivity contribution in [1.29, 1.82) is 0 Å². The molecular formula is C6H16N2OSi. The van der Waals surface area contributed by atoms with Gasteiger partial charge in [-0.2, -0.15) is 0 Å². The van der Waals surface area contributed by atoms with Gasteiger partial charge in [0.2, 0.25) is 0 Å². The van der Waals surface area contributed by atoms with Crippen LogP contribution in [0.1, 0.15) is 0 Å². The summed E-state index contributed by atoms with van der Waals surface area (Å²) in [5, 5.41) is 2.59. The van der Waals surface area contributed by atoms with Crippen LogP contribution in [-0.4, -0.2) is 32.9 Å². The lowest BCUT2D eigenvalue weighted by molar-refractivity contribution is 0.229. The highest BCUT2D eigenvalue weighted by Crippen LogP contribution is 2.05. The maximum absolute atomic E-state index is 11.0. The van der Waals surface area contributed by atoms with Gasteiger partial charge in [0.15, 0.2) is 8.24 Å². The van der Waals surface area contributed by atoms with Gasteiger partial charge in [0, 0.05) is 14.1 Å². The molecule has 0 heterocycles. The van der Waals surface area contributed by atoms with Crippen molar-refractivity contribution in [3.8, 4) is 0 Å². The molecule has 2 amide bonds. The Bertz CT molecular complexity index is 130.